The minimum absolute atomic E-state index is 0.00527. The Morgan fingerprint density at radius 2 is 1.84 bits per heavy atom. The first-order valence-electron chi connectivity index (χ1n) is 8.54. The van der Waals surface area contributed by atoms with Crippen molar-refractivity contribution in [3.05, 3.63) is 59.7 Å². The van der Waals surface area contributed by atoms with Gasteiger partial charge in [0.25, 0.3) is 0 Å². The Kier molecular flexibility index (Phi) is 5.64. The fourth-order valence-corrected chi connectivity index (χ4v) is 3.25. The predicted octanol–water partition coefficient (Wildman–Crippen LogP) is 5.01. The van der Waals surface area contributed by atoms with E-state index in [1.165, 1.54) is 6.07 Å². The number of alkyl halides is 2. The highest BCUT2D eigenvalue weighted by Crippen LogP contribution is 2.29. The third kappa shape index (κ3) is 4.78. The first-order chi connectivity index (χ1) is 12.1. The molecule has 25 heavy (non-hydrogen) atoms. The summed E-state index contributed by atoms with van der Waals surface area (Å²) in [4.78, 5) is 12.3. The van der Waals surface area contributed by atoms with Crippen molar-refractivity contribution in [3.63, 3.8) is 0 Å². The van der Waals surface area contributed by atoms with Crippen LogP contribution in [0, 0.1) is 5.92 Å². The standard InChI is InChI=1S/C20H21F2NO2/c21-20(22)25-18-11-10-17(23-19(24)15-8-4-5-9-15)13-16(18)12-14-6-2-1-3-7-14/h1-3,6-7,10-11,13,15,20H,4-5,8-9,12H2,(H,23,24). The summed E-state index contributed by atoms with van der Waals surface area (Å²) in [5.41, 5.74) is 2.22. The molecule has 0 unspecified atom stereocenters. The molecule has 1 aliphatic carbocycles. The third-order valence-corrected chi connectivity index (χ3v) is 4.51. The van der Waals surface area contributed by atoms with Crippen LogP contribution in [0.15, 0.2) is 48.5 Å². The molecule has 1 amide bonds. The second kappa shape index (κ2) is 8.10. The second-order valence-electron chi connectivity index (χ2n) is 6.33. The number of benzene rings is 2. The lowest BCUT2D eigenvalue weighted by atomic mass is 10.0. The van der Waals surface area contributed by atoms with Crippen LogP contribution >= 0.6 is 0 Å². The maximum Gasteiger partial charge on any atom is 0.387 e. The van der Waals surface area contributed by atoms with Gasteiger partial charge in [-0.1, -0.05) is 43.2 Å². The molecule has 0 radical (unpaired) electrons. The van der Waals surface area contributed by atoms with Crippen molar-refractivity contribution in [1.29, 1.82) is 0 Å². The van der Waals surface area contributed by atoms with Gasteiger partial charge in [-0.3, -0.25) is 4.79 Å². The maximum atomic E-state index is 12.7. The van der Waals surface area contributed by atoms with Gasteiger partial charge in [-0.05, 0) is 36.6 Å². The molecule has 1 fully saturated rings. The largest absolute Gasteiger partial charge is 0.435 e. The van der Waals surface area contributed by atoms with Gasteiger partial charge in [0, 0.05) is 23.6 Å². The van der Waals surface area contributed by atoms with Crippen LogP contribution in [0.1, 0.15) is 36.8 Å². The summed E-state index contributed by atoms with van der Waals surface area (Å²) < 4.78 is 30.0. The lowest BCUT2D eigenvalue weighted by Crippen LogP contribution is -2.20. The third-order valence-electron chi connectivity index (χ3n) is 4.51. The van der Waals surface area contributed by atoms with Crippen LogP contribution < -0.4 is 10.1 Å². The van der Waals surface area contributed by atoms with Gasteiger partial charge in [0.15, 0.2) is 0 Å². The van der Waals surface area contributed by atoms with Crippen LogP contribution in [0.25, 0.3) is 0 Å². The number of nitrogens with one attached hydrogen (secondary N) is 1. The second-order valence-corrected chi connectivity index (χ2v) is 6.33. The van der Waals surface area contributed by atoms with Crippen LogP contribution in [-0.2, 0) is 11.2 Å². The van der Waals surface area contributed by atoms with E-state index in [-0.39, 0.29) is 17.6 Å². The molecule has 1 aliphatic rings. The van der Waals surface area contributed by atoms with E-state index in [0.717, 1.165) is 31.2 Å². The van der Waals surface area contributed by atoms with E-state index in [1.54, 1.807) is 12.1 Å². The zero-order valence-electron chi connectivity index (χ0n) is 13.9. The lowest BCUT2D eigenvalue weighted by molar-refractivity contribution is -0.119. The van der Waals surface area contributed by atoms with Crippen LogP contribution in [0.3, 0.4) is 0 Å². The number of hydrogen-bond donors (Lipinski definition) is 1. The SMILES string of the molecule is O=C(Nc1ccc(OC(F)F)c(Cc2ccccc2)c1)C1CCCC1. The summed E-state index contributed by atoms with van der Waals surface area (Å²) in [5, 5.41) is 2.91. The molecule has 3 rings (SSSR count). The normalized spacial score (nSPS) is 14.7. The highest BCUT2D eigenvalue weighted by Gasteiger charge is 2.23. The smallest absolute Gasteiger partial charge is 0.387 e. The zero-order chi connectivity index (χ0) is 17.6. The number of rotatable bonds is 6. The first-order valence-corrected chi connectivity index (χ1v) is 8.54. The fraction of sp³-hybridized carbons (Fsp3) is 0.350. The Morgan fingerprint density at radius 1 is 1.12 bits per heavy atom. The average molecular weight is 345 g/mol. The molecule has 0 spiro atoms. The predicted molar refractivity (Wildman–Crippen MR) is 92.9 cm³/mol. The lowest BCUT2D eigenvalue weighted by Gasteiger charge is -2.15. The summed E-state index contributed by atoms with van der Waals surface area (Å²) in [6, 6.07) is 14.4. The average Bonchev–Trinajstić information content (AvgIpc) is 3.12. The van der Waals surface area contributed by atoms with Gasteiger partial charge >= 0.3 is 6.61 Å². The van der Waals surface area contributed by atoms with Crippen molar-refractivity contribution in [2.45, 2.75) is 38.7 Å². The minimum Gasteiger partial charge on any atom is -0.435 e. The summed E-state index contributed by atoms with van der Waals surface area (Å²) in [6.07, 6.45) is 4.44. The molecule has 2 aromatic carbocycles. The molecule has 2 aromatic rings. The summed E-state index contributed by atoms with van der Waals surface area (Å²) in [6.45, 7) is -2.88. The van der Waals surface area contributed by atoms with Gasteiger partial charge in [-0.2, -0.15) is 8.78 Å². The Bertz CT molecular complexity index is 713. The molecule has 0 heterocycles. The molecule has 0 aromatic heterocycles. The molecule has 0 saturated heterocycles. The van der Waals surface area contributed by atoms with Gasteiger partial charge in [0.05, 0.1) is 0 Å². The maximum absolute atomic E-state index is 12.7. The number of amides is 1. The molecular formula is C20H21F2NO2. The van der Waals surface area contributed by atoms with Crippen molar-refractivity contribution in [2.24, 2.45) is 5.92 Å². The number of anilines is 1. The van der Waals surface area contributed by atoms with Crippen molar-refractivity contribution in [1.82, 2.24) is 0 Å². The number of carbonyl (C=O) groups excluding carboxylic acids is 1. The Hall–Kier alpha value is -2.43. The van der Waals surface area contributed by atoms with E-state index in [0.29, 0.717) is 17.7 Å². The Balaban J connectivity index is 1.80. The van der Waals surface area contributed by atoms with E-state index < -0.39 is 6.61 Å². The topological polar surface area (TPSA) is 38.3 Å². The molecule has 3 nitrogen and oxygen atoms in total. The van der Waals surface area contributed by atoms with Crippen LogP contribution in [0.2, 0.25) is 0 Å². The number of hydrogen-bond acceptors (Lipinski definition) is 2. The van der Waals surface area contributed by atoms with E-state index in [9.17, 15) is 13.6 Å². The summed E-state index contributed by atoms with van der Waals surface area (Å²) in [5.74, 6) is 0.193. The number of ether oxygens (including phenoxy) is 1. The van der Waals surface area contributed by atoms with E-state index >= 15 is 0 Å². The van der Waals surface area contributed by atoms with E-state index in [4.69, 9.17) is 0 Å². The van der Waals surface area contributed by atoms with Gasteiger partial charge in [0.1, 0.15) is 5.75 Å². The minimum atomic E-state index is -2.88. The van der Waals surface area contributed by atoms with Gasteiger partial charge in [-0.25, -0.2) is 0 Å². The fourth-order valence-electron chi connectivity index (χ4n) is 3.25. The van der Waals surface area contributed by atoms with Crippen LogP contribution in [0.5, 0.6) is 5.75 Å². The van der Waals surface area contributed by atoms with Crippen molar-refractivity contribution >= 4 is 11.6 Å². The Labute approximate surface area is 146 Å². The highest BCUT2D eigenvalue weighted by atomic mass is 19.3. The monoisotopic (exact) mass is 345 g/mol. The molecule has 1 N–H and O–H groups in total. The summed E-state index contributed by atoms with van der Waals surface area (Å²) >= 11 is 0. The molecule has 0 aliphatic heterocycles. The molecule has 1 saturated carbocycles. The van der Waals surface area contributed by atoms with Crippen LogP contribution in [-0.4, -0.2) is 12.5 Å². The van der Waals surface area contributed by atoms with Crippen LogP contribution in [0.4, 0.5) is 14.5 Å². The van der Waals surface area contributed by atoms with E-state index in [2.05, 4.69) is 10.1 Å². The zero-order valence-corrected chi connectivity index (χ0v) is 13.9. The highest BCUT2D eigenvalue weighted by molar-refractivity contribution is 5.92. The molecule has 0 atom stereocenters. The van der Waals surface area contributed by atoms with Crippen molar-refractivity contribution in [2.75, 3.05) is 5.32 Å². The Morgan fingerprint density at radius 3 is 2.52 bits per heavy atom. The van der Waals surface area contributed by atoms with Gasteiger partial charge < -0.3 is 10.1 Å². The molecule has 132 valence electrons. The van der Waals surface area contributed by atoms with Gasteiger partial charge in [0.2, 0.25) is 5.91 Å². The molecule has 5 heteroatoms. The molecule has 0 bridgehead atoms. The number of halogens is 2. The van der Waals surface area contributed by atoms with E-state index in [1.807, 2.05) is 30.3 Å². The first kappa shape index (κ1) is 17.4. The van der Waals surface area contributed by atoms with Crippen molar-refractivity contribution in [3.8, 4) is 5.75 Å². The van der Waals surface area contributed by atoms with Gasteiger partial charge in [-0.15, -0.1) is 0 Å². The number of carbonyl (C=O) groups is 1. The summed E-state index contributed by atoms with van der Waals surface area (Å²) in [7, 11) is 0. The van der Waals surface area contributed by atoms with Crippen molar-refractivity contribution < 1.29 is 18.3 Å². The molecular weight excluding hydrogens is 324 g/mol. The quantitative estimate of drug-likeness (QED) is 0.799.